The molecule has 4 aliphatic carbocycles. The first-order valence-corrected chi connectivity index (χ1v) is 9.44. The molecule has 2 nitrogen and oxygen atoms in total. The number of hydrogen-bond donors (Lipinski definition) is 2. The number of hydrogen-bond acceptors (Lipinski definition) is 2. The molecule has 126 valence electrons. The van der Waals surface area contributed by atoms with Gasteiger partial charge < -0.3 is 10.8 Å². The van der Waals surface area contributed by atoms with E-state index in [-0.39, 0.29) is 17.6 Å². The first-order valence-electron chi connectivity index (χ1n) is 9.44. The second-order valence-electron chi connectivity index (χ2n) is 9.41. The molecule has 0 saturated heterocycles. The first kappa shape index (κ1) is 15.4. The Hall–Kier alpha value is -0.150. The zero-order valence-corrected chi connectivity index (χ0v) is 14.1. The summed E-state index contributed by atoms with van der Waals surface area (Å²) in [4.78, 5) is 0. The summed E-state index contributed by atoms with van der Waals surface area (Å²) < 4.78 is 14.3. The van der Waals surface area contributed by atoms with Gasteiger partial charge in [-0.1, -0.05) is 13.8 Å². The van der Waals surface area contributed by atoms with Gasteiger partial charge in [-0.15, -0.1) is 0 Å². The highest BCUT2D eigenvalue weighted by Crippen LogP contribution is 2.66. The van der Waals surface area contributed by atoms with Crippen molar-refractivity contribution in [2.45, 2.75) is 83.5 Å². The third-order valence-electron chi connectivity index (χ3n) is 8.71. The van der Waals surface area contributed by atoms with Gasteiger partial charge in [-0.3, -0.25) is 0 Å². The Balaban J connectivity index is 1.63. The molecule has 0 aromatic heterocycles. The minimum Gasteiger partial charge on any atom is -0.393 e. The van der Waals surface area contributed by atoms with Gasteiger partial charge in [-0.25, -0.2) is 4.39 Å². The fourth-order valence-electron chi connectivity index (χ4n) is 7.24. The summed E-state index contributed by atoms with van der Waals surface area (Å²) in [6.45, 7) is 4.74. The maximum Gasteiger partial charge on any atom is 0.116 e. The van der Waals surface area contributed by atoms with Crippen LogP contribution in [-0.4, -0.2) is 23.4 Å². The standard InChI is InChI=1S/C19H32FNO/c1-18-7-5-12(22)9-11(18)3-4-13-14(18)6-8-19(2)15(13)10-16(20)17(19)21/h11-17,22H,3-10,21H2,1-2H3/t11?,12-,13-,14+,15-,16-,17+,18+,19+/m1/s1. The molecule has 0 spiro atoms. The van der Waals surface area contributed by atoms with E-state index in [4.69, 9.17) is 5.73 Å². The fourth-order valence-corrected chi connectivity index (χ4v) is 7.24. The molecule has 0 aliphatic heterocycles. The normalized spacial score (nSPS) is 61.2. The van der Waals surface area contributed by atoms with Crippen LogP contribution in [0.5, 0.6) is 0 Å². The number of fused-ring (bicyclic) bond motifs is 5. The molecular formula is C19H32FNO. The van der Waals surface area contributed by atoms with Crippen molar-refractivity contribution in [2.24, 2.45) is 40.2 Å². The number of aliphatic hydroxyl groups excluding tert-OH is 1. The van der Waals surface area contributed by atoms with Crippen molar-refractivity contribution in [1.82, 2.24) is 0 Å². The van der Waals surface area contributed by atoms with Gasteiger partial charge in [0.25, 0.3) is 0 Å². The van der Waals surface area contributed by atoms with Crippen LogP contribution in [0.15, 0.2) is 0 Å². The summed E-state index contributed by atoms with van der Waals surface area (Å²) >= 11 is 0. The molecule has 0 bridgehead atoms. The van der Waals surface area contributed by atoms with E-state index < -0.39 is 6.17 Å². The molecule has 3 heteroatoms. The number of nitrogens with two attached hydrogens (primary N) is 1. The molecule has 0 heterocycles. The molecule has 0 aromatic rings. The largest absolute Gasteiger partial charge is 0.393 e. The summed E-state index contributed by atoms with van der Waals surface area (Å²) in [5.41, 5.74) is 6.67. The van der Waals surface area contributed by atoms with Crippen molar-refractivity contribution in [3.8, 4) is 0 Å². The summed E-state index contributed by atoms with van der Waals surface area (Å²) in [6, 6.07) is -0.253. The van der Waals surface area contributed by atoms with E-state index in [0.29, 0.717) is 29.6 Å². The quantitative estimate of drug-likeness (QED) is 0.717. The molecule has 4 saturated carbocycles. The van der Waals surface area contributed by atoms with Crippen molar-refractivity contribution in [2.75, 3.05) is 0 Å². The molecule has 0 radical (unpaired) electrons. The fraction of sp³-hybridized carbons (Fsp3) is 1.00. The zero-order valence-electron chi connectivity index (χ0n) is 14.1. The predicted octanol–water partition coefficient (Wildman–Crippen LogP) is 3.67. The SMILES string of the molecule is C[C@]12CC[C@H]3[C@@H](CCC4C[C@H](O)CC[C@@]43C)[C@H]1C[C@@H](F)[C@@H]2N. The Bertz CT molecular complexity index is 457. The van der Waals surface area contributed by atoms with Crippen LogP contribution in [0, 0.1) is 34.5 Å². The van der Waals surface area contributed by atoms with Crippen LogP contribution in [0.4, 0.5) is 4.39 Å². The molecule has 0 amide bonds. The van der Waals surface area contributed by atoms with Crippen molar-refractivity contribution >= 4 is 0 Å². The first-order chi connectivity index (χ1) is 10.4. The van der Waals surface area contributed by atoms with Gasteiger partial charge in [0.1, 0.15) is 6.17 Å². The van der Waals surface area contributed by atoms with Crippen molar-refractivity contribution < 1.29 is 9.50 Å². The van der Waals surface area contributed by atoms with Crippen molar-refractivity contribution in [3.63, 3.8) is 0 Å². The Labute approximate surface area is 134 Å². The lowest BCUT2D eigenvalue weighted by atomic mass is 9.45. The van der Waals surface area contributed by atoms with Crippen LogP contribution in [0.25, 0.3) is 0 Å². The molecule has 4 fully saturated rings. The third kappa shape index (κ3) is 1.90. The Morgan fingerprint density at radius 1 is 0.955 bits per heavy atom. The van der Waals surface area contributed by atoms with E-state index in [1.807, 2.05) is 0 Å². The van der Waals surface area contributed by atoms with Gasteiger partial charge in [0.05, 0.1) is 6.10 Å². The van der Waals surface area contributed by atoms with Gasteiger partial charge in [-0.2, -0.15) is 0 Å². The minimum atomic E-state index is -0.799. The second kappa shape index (κ2) is 4.92. The summed E-state index contributed by atoms with van der Waals surface area (Å²) in [7, 11) is 0. The second-order valence-corrected chi connectivity index (χ2v) is 9.41. The highest BCUT2D eigenvalue weighted by atomic mass is 19.1. The van der Waals surface area contributed by atoms with E-state index >= 15 is 0 Å². The Morgan fingerprint density at radius 3 is 2.45 bits per heavy atom. The summed E-state index contributed by atoms with van der Waals surface area (Å²) in [5.74, 6) is 2.57. The van der Waals surface area contributed by atoms with Gasteiger partial charge in [0.15, 0.2) is 0 Å². The molecule has 3 N–H and O–H groups in total. The predicted molar refractivity (Wildman–Crippen MR) is 86.0 cm³/mol. The van der Waals surface area contributed by atoms with Crippen LogP contribution in [0.3, 0.4) is 0 Å². The smallest absolute Gasteiger partial charge is 0.116 e. The lowest BCUT2D eigenvalue weighted by molar-refractivity contribution is -0.122. The molecular weight excluding hydrogens is 277 g/mol. The summed E-state index contributed by atoms with van der Waals surface area (Å²) in [6.07, 6.45) is 7.72. The molecule has 4 aliphatic rings. The number of aliphatic hydroxyl groups is 1. The highest BCUT2D eigenvalue weighted by molar-refractivity contribution is 5.12. The van der Waals surface area contributed by atoms with E-state index in [9.17, 15) is 9.50 Å². The van der Waals surface area contributed by atoms with Crippen LogP contribution in [0.2, 0.25) is 0 Å². The topological polar surface area (TPSA) is 46.2 Å². The van der Waals surface area contributed by atoms with Crippen LogP contribution in [0.1, 0.15) is 65.2 Å². The van der Waals surface area contributed by atoms with Crippen LogP contribution in [-0.2, 0) is 0 Å². The minimum absolute atomic E-state index is 0.0258. The van der Waals surface area contributed by atoms with Gasteiger partial charge >= 0.3 is 0 Å². The van der Waals surface area contributed by atoms with E-state index in [1.165, 1.54) is 19.3 Å². The lowest BCUT2D eigenvalue weighted by Gasteiger charge is -2.60. The third-order valence-corrected chi connectivity index (χ3v) is 8.71. The van der Waals surface area contributed by atoms with Gasteiger partial charge in [0, 0.05) is 6.04 Å². The van der Waals surface area contributed by atoms with E-state index in [2.05, 4.69) is 13.8 Å². The van der Waals surface area contributed by atoms with Crippen LogP contribution < -0.4 is 5.73 Å². The van der Waals surface area contributed by atoms with Gasteiger partial charge in [-0.05, 0) is 85.9 Å². The number of alkyl halides is 1. The average molecular weight is 309 g/mol. The number of rotatable bonds is 0. The molecule has 9 atom stereocenters. The van der Waals surface area contributed by atoms with Crippen molar-refractivity contribution in [3.05, 3.63) is 0 Å². The maximum absolute atomic E-state index is 14.3. The molecule has 0 aromatic carbocycles. The molecule has 1 unspecified atom stereocenters. The Kier molecular flexibility index (Phi) is 3.44. The van der Waals surface area contributed by atoms with Gasteiger partial charge in [0.2, 0.25) is 0 Å². The maximum atomic E-state index is 14.3. The van der Waals surface area contributed by atoms with E-state index in [1.54, 1.807) is 0 Å². The van der Waals surface area contributed by atoms with Crippen LogP contribution >= 0.6 is 0 Å². The average Bonchev–Trinajstić information content (AvgIpc) is 2.72. The molecule has 4 rings (SSSR count). The number of halogens is 1. The monoisotopic (exact) mass is 309 g/mol. The lowest BCUT2D eigenvalue weighted by Crippen LogP contribution is -2.55. The highest BCUT2D eigenvalue weighted by Gasteiger charge is 2.61. The molecule has 22 heavy (non-hydrogen) atoms. The van der Waals surface area contributed by atoms with Crippen molar-refractivity contribution in [1.29, 1.82) is 0 Å². The Morgan fingerprint density at radius 2 is 1.68 bits per heavy atom. The summed E-state index contributed by atoms with van der Waals surface area (Å²) in [5, 5.41) is 10.1. The zero-order chi connectivity index (χ0) is 15.7. The van der Waals surface area contributed by atoms with E-state index in [0.717, 1.165) is 31.6 Å².